The van der Waals surface area contributed by atoms with Gasteiger partial charge in [-0.05, 0) is 67.0 Å². The van der Waals surface area contributed by atoms with Crippen LogP contribution in [0.2, 0.25) is 10.0 Å². The Hall–Kier alpha value is -2.19. The summed E-state index contributed by atoms with van der Waals surface area (Å²) in [5.74, 6) is -1.88. The fourth-order valence-electron chi connectivity index (χ4n) is 6.53. The van der Waals surface area contributed by atoms with Gasteiger partial charge in [-0.3, -0.25) is 9.59 Å². The summed E-state index contributed by atoms with van der Waals surface area (Å²) in [4.78, 5) is 27.9. The van der Waals surface area contributed by atoms with Gasteiger partial charge in [0.25, 0.3) is 0 Å². The van der Waals surface area contributed by atoms with E-state index in [-0.39, 0.29) is 28.3 Å². The molecule has 1 saturated carbocycles. The maximum atomic E-state index is 14.9. The number of aliphatic hydroxyl groups is 1. The largest absolute Gasteiger partial charge is 0.390 e. The lowest BCUT2D eigenvalue weighted by Crippen LogP contribution is -2.57. The molecule has 1 spiro atoms. The van der Waals surface area contributed by atoms with Gasteiger partial charge < -0.3 is 21.1 Å². The Morgan fingerprint density at radius 2 is 1.92 bits per heavy atom. The third-order valence-corrected chi connectivity index (χ3v) is 8.43. The van der Waals surface area contributed by atoms with E-state index >= 15 is 0 Å². The van der Waals surface area contributed by atoms with Crippen LogP contribution >= 0.6 is 23.2 Å². The van der Waals surface area contributed by atoms with Crippen LogP contribution in [0, 0.1) is 11.2 Å². The minimum Gasteiger partial charge on any atom is -0.390 e. The number of anilines is 1. The molecule has 0 unspecified atom stereocenters. The van der Waals surface area contributed by atoms with Gasteiger partial charge in [-0.25, -0.2) is 4.39 Å². The highest BCUT2D eigenvalue weighted by molar-refractivity contribution is 6.31. The summed E-state index contributed by atoms with van der Waals surface area (Å²) in [6.07, 6.45) is 1.46. The van der Waals surface area contributed by atoms with E-state index in [0.717, 1.165) is 0 Å². The second-order valence-electron chi connectivity index (χ2n) is 12.2. The van der Waals surface area contributed by atoms with Crippen molar-refractivity contribution in [3.63, 3.8) is 0 Å². The minimum atomic E-state index is -1.29. The summed E-state index contributed by atoms with van der Waals surface area (Å²) in [5.41, 5.74) is -0.671. The summed E-state index contributed by atoms with van der Waals surface area (Å²) in [7, 11) is 0. The number of amides is 2. The summed E-state index contributed by atoms with van der Waals surface area (Å²) < 4.78 is 14.9. The van der Waals surface area contributed by atoms with Crippen molar-refractivity contribution in [3.8, 4) is 0 Å². The number of halogens is 3. The molecule has 37 heavy (non-hydrogen) atoms. The van der Waals surface area contributed by atoms with Crippen LogP contribution in [0.1, 0.15) is 64.0 Å². The van der Waals surface area contributed by atoms with E-state index in [0.29, 0.717) is 41.1 Å². The molecule has 0 bridgehead atoms. The Kier molecular flexibility index (Phi) is 6.38. The lowest BCUT2D eigenvalue weighted by molar-refractivity contribution is -0.127. The molecule has 2 aliphatic heterocycles. The van der Waals surface area contributed by atoms with Crippen molar-refractivity contribution in [2.24, 2.45) is 5.41 Å². The van der Waals surface area contributed by atoms with E-state index in [4.69, 9.17) is 23.2 Å². The molecule has 4 N–H and O–H groups in total. The summed E-state index contributed by atoms with van der Waals surface area (Å²) in [6.45, 7) is 7.94. The molecule has 2 fully saturated rings. The van der Waals surface area contributed by atoms with Crippen molar-refractivity contribution in [2.75, 3.05) is 5.32 Å². The Balaban J connectivity index is 1.68. The van der Waals surface area contributed by atoms with E-state index in [2.05, 4.69) is 36.7 Å². The second-order valence-corrected chi connectivity index (χ2v) is 13.1. The van der Waals surface area contributed by atoms with Crippen LogP contribution in [-0.4, -0.2) is 40.6 Å². The predicted octanol–water partition coefficient (Wildman–Crippen LogP) is 4.91. The maximum Gasteiger partial charge on any atom is 0.238 e. The molecule has 4 atom stereocenters. The van der Waals surface area contributed by atoms with Crippen molar-refractivity contribution in [1.29, 1.82) is 0 Å². The van der Waals surface area contributed by atoms with Gasteiger partial charge in [0.05, 0.1) is 16.7 Å². The van der Waals surface area contributed by atoms with Crippen molar-refractivity contribution in [1.82, 2.24) is 10.6 Å². The lowest BCUT2D eigenvalue weighted by atomic mass is 9.62. The van der Waals surface area contributed by atoms with Crippen molar-refractivity contribution >= 4 is 40.7 Å². The zero-order valence-electron chi connectivity index (χ0n) is 21.3. The molecule has 2 aromatic carbocycles. The van der Waals surface area contributed by atoms with E-state index in [1.807, 2.05) is 6.07 Å². The Labute approximate surface area is 226 Å². The van der Waals surface area contributed by atoms with Gasteiger partial charge >= 0.3 is 0 Å². The topological polar surface area (TPSA) is 90.5 Å². The average Bonchev–Trinajstić information content (AvgIpc) is 3.22. The smallest absolute Gasteiger partial charge is 0.238 e. The molecule has 5 rings (SSSR count). The van der Waals surface area contributed by atoms with Crippen LogP contribution in [-0.2, 0) is 15.0 Å². The molecule has 2 aromatic rings. The van der Waals surface area contributed by atoms with Crippen molar-refractivity contribution in [3.05, 3.63) is 63.4 Å². The van der Waals surface area contributed by atoms with E-state index in [9.17, 15) is 19.1 Å². The van der Waals surface area contributed by atoms with Crippen LogP contribution in [0.3, 0.4) is 0 Å². The molecule has 2 amide bonds. The highest BCUT2D eigenvalue weighted by Crippen LogP contribution is 2.57. The maximum absolute atomic E-state index is 14.9. The number of hydrogen-bond donors (Lipinski definition) is 4. The zero-order chi connectivity index (χ0) is 26.9. The number of carbonyl (C=O) groups excluding carboxylic acids is 2. The van der Waals surface area contributed by atoms with Gasteiger partial charge in [-0.1, -0.05) is 56.1 Å². The number of hydrogen-bond acceptors (Lipinski definition) is 4. The first-order valence-corrected chi connectivity index (χ1v) is 13.3. The Bertz CT molecular complexity index is 1270. The Morgan fingerprint density at radius 3 is 2.54 bits per heavy atom. The summed E-state index contributed by atoms with van der Waals surface area (Å²) >= 11 is 12.5. The molecule has 1 saturated heterocycles. The van der Waals surface area contributed by atoms with E-state index < -0.39 is 34.8 Å². The quantitative estimate of drug-likeness (QED) is 0.437. The van der Waals surface area contributed by atoms with Crippen LogP contribution in [0.25, 0.3) is 0 Å². The lowest BCUT2D eigenvalue weighted by Gasteiger charge is -2.42. The van der Waals surface area contributed by atoms with Crippen LogP contribution in [0.5, 0.6) is 0 Å². The number of benzene rings is 2. The molecule has 9 heteroatoms. The van der Waals surface area contributed by atoms with E-state index in [1.165, 1.54) is 12.1 Å². The first kappa shape index (κ1) is 26.4. The molecule has 2 heterocycles. The van der Waals surface area contributed by atoms with Crippen molar-refractivity contribution < 1.29 is 19.1 Å². The monoisotopic (exact) mass is 547 g/mol. The molecule has 6 nitrogen and oxygen atoms in total. The van der Waals surface area contributed by atoms with E-state index in [1.54, 1.807) is 25.1 Å². The highest BCUT2D eigenvalue weighted by Gasteiger charge is 2.66. The molecule has 3 aliphatic rings. The first-order chi connectivity index (χ1) is 17.2. The molecule has 198 valence electrons. The average molecular weight is 548 g/mol. The molecule has 0 aromatic heterocycles. The molecular formula is C28H32Cl2FN3O3. The van der Waals surface area contributed by atoms with Gasteiger partial charge in [0, 0.05) is 28.7 Å². The SMILES string of the molecule is CC(C)(C)C[C@@H]1N[C@@H](C(=O)NC2CC(C)(O)C2)[C@H](c2cccc(Cl)c2)[C@]12C(=O)Nc1cc(Cl)c(F)cc12. The third kappa shape index (κ3) is 4.54. The van der Waals surface area contributed by atoms with Crippen LogP contribution in [0.15, 0.2) is 36.4 Å². The van der Waals surface area contributed by atoms with Gasteiger partial charge in [0.1, 0.15) is 11.2 Å². The van der Waals surface area contributed by atoms with Gasteiger partial charge in [0.15, 0.2) is 0 Å². The minimum absolute atomic E-state index is 0.0833. The van der Waals surface area contributed by atoms with Crippen LogP contribution in [0.4, 0.5) is 10.1 Å². The summed E-state index contributed by atoms with van der Waals surface area (Å²) in [5, 5.41) is 20.0. The third-order valence-electron chi connectivity index (χ3n) is 7.91. The number of fused-ring (bicyclic) bond motifs is 2. The molecule has 1 aliphatic carbocycles. The zero-order valence-corrected chi connectivity index (χ0v) is 22.8. The number of nitrogens with one attached hydrogen (secondary N) is 3. The van der Waals surface area contributed by atoms with Gasteiger partial charge in [-0.15, -0.1) is 0 Å². The number of rotatable bonds is 4. The normalized spacial score (nSPS) is 32.7. The molecular weight excluding hydrogens is 516 g/mol. The predicted molar refractivity (Wildman–Crippen MR) is 142 cm³/mol. The van der Waals surface area contributed by atoms with Gasteiger partial charge in [0.2, 0.25) is 11.8 Å². The number of carbonyl (C=O) groups is 2. The van der Waals surface area contributed by atoms with Crippen molar-refractivity contribution in [2.45, 2.75) is 82.0 Å². The fourth-order valence-corrected chi connectivity index (χ4v) is 6.89. The second kappa shape index (κ2) is 8.94. The molecule has 0 radical (unpaired) electrons. The highest BCUT2D eigenvalue weighted by atomic mass is 35.5. The van der Waals surface area contributed by atoms with Crippen LogP contribution < -0.4 is 16.0 Å². The Morgan fingerprint density at radius 1 is 1.22 bits per heavy atom. The fraction of sp³-hybridized carbons (Fsp3) is 0.500. The summed E-state index contributed by atoms with van der Waals surface area (Å²) in [6, 6.07) is 8.46. The first-order valence-electron chi connectivity index (χ1n) is 12.6. The standard InChI is InChI=1S/C28H32Cl2FN3O3/c1-26(2,3)13-21-28(17-9-19(31)18(30)10-20(17)33-25(28)36)22(14-6-5-7-15(29)8-14)23(34-21)24(35)32-16-11-27(4,37)12-16/h5-10,16,21-23,34,37H,11-13H2,1-4H3,(H,32,35)(H,33,36)/t16?,21-,22-,23+,27?,28+/m0/s1. The van der Waals surface area contributed by atoms with Gasteiger partial charge in [-0.2, -0.15) is 0 Å².